The molecule has 0 spiro atoms. The van der Waals surface area contributed by atoms with Crippen LogP contribution < -0.4 is 20.7 Å². The highest BCUT2D eigenvalue weighted by Gasteiger charge is 2.11. The van der Waals surface area contributed by atoms with Crippen LogP contribution in [0.25, 0.3) is 6.08 Å². The average Bonchev–Trinajstić information content (AvgIpc) is 2.36. The van der Waals surface area contributed by atoms with Gasteiger partial charge in [0.2, 0.25) is 0 Å². The van der Waals surface area contributed by atoms with Gasteiger partial charge in [-0.15, -0.1) is 0 Å². The Morgan fingerprint density at radius 3 is 2.65 bits per heavy atom. The molecule has 92 valence electrons. The second kappa shape index (κ2) is 6.12. The fourth-order valence-corrected chi connectivity index (χ4v) is 1.54. The molecule has 0 fully saturated rings. The van der Waals surface area contributed by atoms with Crippen LogP contribution in [0.2, 0.25) is 5.02 Å². The fourth-order valence-electron chi connectivity index (χ4n) is 1.25. The molecule has 0 unspecified atom stereocenters. The summed E-state index contributed by atoms with van der Waals surface area (Å²) in [6.07, 6.45) is 2.81. The van der Waals surface area contributed by atoms with Crippen molar-refractivity contribution in [3.63, 3.8) is 0 Å². The molecule has 1 rings (SSSR count). The van der Waals surface area contributed by atoms with Crippen LogP contribution in [-0.4, -0.2) is 20.1 Å². The van der Waals surface area contributed by atoms with Gasteiger partial charge in [-0.25, -0.2) is 5.84 Å². The van der Waals surface area contributed by atoms with Crippen LogP contribution in [0.15, 0.2) is 18.2 Å². The molecule has 0 atom stereocenters. The number of halogens is 1. The van der Waals surface area contributed by atoms with Gasteiger partial charge >= 0.3 is 0 Å². The predicted octanol–water partition coefficient (Wildman–Crippen LogP) is 1.36. The smallest absolute Gasteiger partial charge is 0.257 e. The monoisotopic (exact) mass is 256 g/mol. The Balaban J connectivity index is 3.11. The number of hydrogen-bond acceptors (Lipinski definition) is 4. The van der Waals surface area contributed by atoms with Crippen LogP contribution in [0.1, 0.15) is 5.56 Å². The van der Waals surface area contributed by atoms with E-state index in [4.69, 9.17) is 26.9 Å². The molecule has 6 heteroatoms. The van der Waals surface area contributed by atoms with E-state index in [0.29, 0.717) is 22.1 Å². The molecular weight excluding hydrogens is 244 g/mol. The lowest BCUT2D eigenvalue weighted by atomic mass is 10.2. The minimum atomic E-state index is -0.421. The molecule has 0 aliphatic carbocycles. The highest BCUT2D eigenvalue weighted by Crippen LogP contribution is 2.37. The molecule has 0 aromatic heterocycles. The van der Waals surface area contributed by atoms with Gasteiger partial charge in [0.1, 0.15) is 0 Å². The number of carbonyl (C=O) groups excluding carboxylic acids is 1. The third-order valence-corrected chi connectivity index (χ3v) is 2.46. The Morgan fingerprint density at radius 1 is 1.41 bits per heavy atom. The Labute approximate surface area is 104 Å². The molecule has 0 heterocycles. The molecule has 0 saturated carbocycles. The zero-order chi connectivity index (χ0) is 12.8. The van der Waals surface area contributed by atoms with Gasteiger partial charge in [-0.05, 0) is 23.8 Å². The molecule has 1 aromatic carbocycles. The first-order valence-electron chi connectivity index (χ1n) is 4.73. The highest BCUT2D eigenvalue weighted by molar-refractivity contribution is 6.33. The van der Waals surface area contributed by atoms with E-state index in [0.717, 1.165) is 0 Å². The van der Waals surface area contributed by atoms with Gasteiger partial charge in [-0.1, -0.05) is 11.6 Å². The fraction of sp³-hybridized carbons (Fsp3) is 0.182. The van der Waals surface area contributed by atoms with Gasteiger partial charge in [0.15, 0.2) is 11.5 Å². The van der Waals surface area contributed by atoms with Gasteiger partial charge in [0.25, 0.3) is 5.91 Å². The van der Waals surface area contributed by atoms with Crippen molar-refractivity contribution in [3.8, 4) is 11.5 Å². The number of benzene rings is 1. The molecule has 0 aliphatic rings. The van der Waals surface area contributed by atoms with E-state index >= 15 is 0 Å². The number of rotatable bonds is 4. The summed E-state index contributed by atoms with van der Waals surface area (Å²) in [6, 6.07) is 3.41. The summed E-state index contributed by atoms with van der Waals surface area (Å²) in [5.74, 6) is 5.47. The van der Waals surface area contributed by atoms with Crippen molar-refractivity contribution >= 4 is 23.6 Å². The molecular formula is C11H13ClN2O3. The zero-order valence-electron chi connectivity index (χ0n) is 9.49. The minimum absolute atomic E-state index is 0.368. The molecule has 1 aromatic rings. The first kappa shape index (κ1) is 13.3. The second-order valence-corrected chi connectivity index (χ2v) is 3.42. The molecule has 3 N–H and O–H groups in total. The molecule has 0 bridgehead atoms. The Kier molecular flexibility index (Phi) is 4.81. The van der Waals surface area contributed by atoms with Crippen molar-refractivity contribution in [2.24, 2.45) is 5.84 Å². The number of carbonyl (C=O) groups is 1. The Bertz CT molecular complexity index is 447. The highest BCUT2D eigenvalue weighted by atomic mass is 35.5. The van der Waals surface area contributed by atoms with E-state index in [1.807, 2.05) is 5.43 Å². The molecule has 5 nitrogen and oxygen atoms in total. The third kappa shape index (κ3) is 3.12. The number of nitrogens with two attached hydrogens (primary N) is 1. The van der Waals surface area contributed by atoms with Crippen molar-refractivity contribution in [3.05, 3.63) is 28.8 Å². The summed E-state index contributed by atoms with van der Waals surface area (Å²) in [5, 5.41) is 0.368. The van der Waals surface area contributed by atoms with Crippen LogP contribution in [0.3, 0.4) is 0 Å². The standard InChI is InChI=1S/C11H13ClN2O3/c1-16-8-5-3-7(4-6-9(15)14-13)10(12)11(8)17-2/h3-6H,13H2,1-2H3,(H,14,15). The molecule has 1 amide bonds. The van der Waals surface area contributed by atoms with Gasteiger partial charge in [-0.2, -0.15) is 0 Å². The zero-order valence-corrected chi connectivity index (χ0v) is 10.2. The van der Waals surface area contributed by atoms with Crippen LogP contribution >= 0.6 is 11.6 Å². The van der Waals surface area contributed by atoms with E-state index in [9.17, 15) is 4.79 Å². The lowest BCUT2D eigenvalue weighted by molar-refractivity contribution is -0.116. The van der Waals surface area contributed by atoms with Crippen molar-refractivity contribution in [1.82, 2.24) is 5.43 Å². The quantitative estimate of drug-likeness (QED) is 0.369. The Hall–Kier alpha value is -1.72. The maximum absolute atomic E-state index is 11.0. The predicted molar refractivity (Wildman–Crippen MR) is 65.9 cm³/mol. The number of ether oxygens (including phenoxy) is 2. The summed E-state index contributed by atoms with van der Waals surface area (Å²) in [5.41, 5.74) is 2.61. The third-order valence-electron chi connectivity index (χ3n) is 2.07. The lowest BCUT2D eigenvalue weighted by Crippen LogP contribution is -2.27. The SMILES string of the molecule is COc1ccc(C=CC(=O)NN)c(Cl)c1OC. The van der Waals surface area contributed by atoms with E-state index in [-0.39, 0.29) is 0 Å². The number of hydrogen-bond donors (Lipinski definition) is 2. The minimum Gasteiger partial charge on any atom is -0.493 e. The molecule has 0 radical (unpaired) electrons. The summed E-state index contributed by atoms with van der Waals surface area (Å²) in [6.45, 7) is 0. The maximum Gasteiger partial charge on any atom is 0.257 e. The van der Waals surface area contributed by atoms with E-state index in [1.165, 1.54) is 26.4 Å². The van der Waals surface area contributed by atoms with Crippen molar-refractivity contribution in [1.29, 1.82) is 0 Å². The van der Waals surface area contributed by atoms with Crippen LogP contribution in [0.5, 0.6) is 11.5 Å². The van der Waals surface area contributed by atoms with E-state index in [1.54, 1.807) is 12.1 Å². The van der Waals surface area contributed by atoms with Gasteiger partial charge < -0.3 is 9.47 Å². The molecule has 0 saturated heterocycles. The van der Waals surface area contributed by atoms with Crippen molar-refractivity contribution < 1.29 is 14.3 Å². The topological polar surface area (TPSA) is 73.6 Å². The van der Waals surface area contributed by atoms with Crippen molar-refractivity contribution in [2.75, 3.05) is 14.2 Å². The normalized spacial score (nSPS) is 10.4. The first-order chi connectivity index (χ1) is 8.13. The lowest BCUT2D eigenvalue weighted by Gasteiger charge is -2.10. The largest absolute Gasteiger partial charge is 0.493 e. The maximum atomic E-state index is 11.0. The number of methoxy groups -OCH3 is 2. The number of nitrogens with one attached hydrogen (secondary N) is 1. The molecule has 0 aliphatic heterocycles. The van der Waals surface area contributed by atoms with E-state index < -0.39 is 5.91 Å². The summed E-state index contributed by atoms with van der Waals surface area (Å²) >= 11 is 6.10. The van der Waals surface area contributed by atoms with Gasteiger partial charge in [0, 0.05) is 6.08 Å². The first-order valence-corrected chi connectivity index (χ1v) is 5.11. The van der Waals surface area contributed by atoms with Gasteiger partial charge in [0.05, 0.1) is 19.2 Å². The Morgan fingerprint density at radius 2 is 2.12 bits per heavy atom. The van der Waals surface area contributed by atoms with Crippen LogP contribution in [0.4, 0.5) is 0 Å². The van der Waals surface area contributed by atoms with Crippen LogP contribution in [-0.2, 0) is 4.79 Å². The van der Waals surface area contributed by atoms with Gasteiger partial charge in [-0.3, -0.25) is 10.2 Å². The summed E-state index contributed by atoms with van der Waals surface area (Å²) in [7, 11) is 3.01. The number of amides is 1. The summed E-state index contributed by atoms with van der Waals surface area (Å²) < 4.78 is 10.2. The van der Waals surface area contributed by atoms with Crippen molar-refractivity contribution in [2.45, 2.75) is 0 Å². The molecule has 17 heavy (non-hydrogen) atoms. The second-order valence-electron chi connectivity index (χ2n) is 3.05. The number of hydrazine groups is 1. The van der Waals surface area contributed by atoms with E-state index in [2.05, 4.69) is 0 Å². The van der Waals surface area contributed by atoms with Crippen LogP contribution in [0, 0.1) is 0 Å². The summed E-state index contributed by atoms with van der Waals surface area (Å²) in [4.78, 5) is 11.0. The average molecular weight is 257 g/mol.